The van der Waals surface area contributed by atoms with Crippen molar-refractivity contribution < 1.29 is 4.52 Å². The summed E-state index contributed by atoms with van der Waals surface area (Å²) in [5.74, 6) is 3.22. The van der Waals surface area contributed by atoms with Gasteiger partial charge in [0.25, 0.3) is 0 Å². The van der Waals surface area contributed by atoms with Crippen molar-refractivity contribution in [2.75, 3.05) is 18.0 Å². The van der Waals surface area contributed by atoms with Gasteiger partial charge in [-0.05, 0) is 50.2 Å². The number of rotatable bonds is 3. The van der Waals surface area contributed by atoms with Crippen molar-refractivity contribution in [3.8, 4) is 6.07 Å². The zero-order chi connectivity index (χ0) is 16.1. The number of aromatic nitrogens is 3. The van der Waals surface area contributed by atoms with E-state index in [1.165, 1.54) is 24.1 Å². The average Bonchev–Trinajstić information content (AvgIpc) is 3.05. The van der Waals surface area contributed by atoms with Crippen LogP contribution >= 0.6 is 0 Å². The topological polar surface area (TPSA) is 78.8 Å². The van der Waals surface area contributed by atoms with Crippen molar-refractivity contribution in [1.82, 2.24) is 15.1 Å². The normalized spacial score (nSPS) is 22.6. The minimum atomic E-state index is 0.242. The third-order valence-corrected chi connectivity index (χ3v) is 5.39. The lowest BCUT2D eigenvalue weighted by molar-refractivity contribution is 0.355. The molecule has 122 valence electrons. The highest BCUT2D eigenvalue weighted by Gasteiger charge is 2.34. The second-order valence-corrected chi connectivity index (χ2v) is 7.13. The Bertz CT molecular complexity index is 832. The third-order valence-electron chi connectivity index (χ3n) is 5.39. The predicted octanol–water partition coefficient (Wildman–Crippen LogP) is 2.70. The minimum Gasteiger partial charge on any atom is -0.355 e. The summed E-state index contributed by atoms with van der Waals surface area (Å²) in [5.41, 5.74) is 3.11. The van der Waals surface area contributed by atoms with E-state index < -0.39 is 0 Å². The van der Waals surface area contributed by atoms with E-state index in [1.807, 2.05) is 6.07 Å². The number of fused-ring (bicyclic) bond motifs is 1. The molecule has 6 heteroatoms. The number of aryl methyl sites for hydroxylation is 2. The molecule has 1 aliphatic heterocycles. The van der Waals surface area contributed by atoms with E-state index in [0.717, 1.165) is 56.3 Å². The van der Waals surface area contributed by atoms with E-state index in [2.05, 4.69) is 21.1 Å². The van der Waals surface area contributed by atoms with Crippen LogP contribution in [0.25, 0.3) is 0 Å². The van der Waals surface area contributed by atoms with Crippen molar-refractivity contribution in [2.45, 2.75) is 50.4 Å². The fourth-order valence-corrected chi connectivity index (χ4v) is 3.86. The van der Waals surface area contributed by atoms with Gasteiger partial charge in [0.05, 0.1) is 11.5 Å². The Morgan fingerprint density at radius 3 is 2.92 bits per heavy atom. The second kappa shape index (κ2) is 5.30. The number of nitrogens with zero attached hydrogens (tertiary/aromatic N) is 5. The van der Waals surface area contributed by atoms with Crippen LogP contribution < -0.4 is 4.90 Å². The molecule has 1 unspecified atom stereocenters. The van der Waals surface area contributed by atoms with Crippen LogP contribution in [0.4, 0.5) is 5.82 Å². The lowest BCUT2D eigenvalue weighted by atomic mass is 10.1. The van der Waals surface area contributed by atoms with E-state index >= 15 is 0 Å². The van der Waals surface area contributed by atoms with Gasteiger partial charge in [0, 0.05) is 24.7 Å². The van der Waals surface area contributed by atoms with Crippen molar-refractivity contribution >= 4 is 5.82 Å². The molecular weight excluding hydrogens is 302 g/mol. The van der Waals surface area contributed by atoms with E-state index in [1.54, 1.807) is 0 Å². The standard InChI is InChI=1S/C18H19N5O/c19-9-14-8-12-2-1-3-15(12)20-17(14)23-7-6-13(10-23)18-21-16(22-24-18)11-4-5-11/h8,11,13H,1-7,10H2. The summed E-state index contributed by atoms with van der Waals surface area (Å²) < 4.78 is 5.49. The first-order valence-electron chi connectivity index (χ1n) is 8.83. The van der Waals surface area contributed by atoms with E-state index in [-0.39, 0.29) is 5.92 Å². The molecule has 2 aromatic rings. The van der Waals surface area contributed by atoms with Crippen LogP contribution in [0.1, 0.15) is 66.1 Å². The number of pyridine rings is 1. The lowest BCUT2D eigenvalue weighted by Crippen LogP contribution is -2.22. The van der Waals surface area contributed by atoms with Crippen LogP contribution in [0.5, 0.6) is 0 Å². The molecule has 2 fully saturated rings. The summed E-state index contributed by atoms with van der Waals surface area (Å²) in [6.07, 6.45) is 6.55. The van der Waals surface area contributed by atoms with Crippen LogP contribution in [0, 0.1) is 11.3 Å². The quantitative estimate of drug-likeness (QED) is 0.865. The molecule has 1 saturated heterocycles. The van der Waals surface area contributed by atoms with Crippen LogP contribution in [0.3, 0.4) is 0 Å². The van der Waals surface area contributed by atoms with Gasteiger partial charge in [0.1, 0.15) is 11.9 Å². The molecule has 5 rings (SSSR count). The molecule has 1 atom stereocenters. The Balaban J connectivity index is 1.39. The van der Waals surface area contributed by atoms with E-state index in [4.69, 9.17) is 9.51 Å². The SMILES string of the molecule is N#Cc1cc2c(nc1N1CCC(c3nc(C4CC4)no3)C1)CCC2. The maximum Gasteiger partial charge on any atom is 0.231 e. The van der Waals surface area contributed by atoms with Crippen LogP contribution in [-0.2, 0) is 12.8 Å². The summed E-state index contributed by atoms with van der Waals surface area (Å²) in [6.45, 7) is 1.68. The van der Waals surface area contributed by atoms with Gasteiger partial charge in [-0.2, -0.15) is 10.2 Å². The molecule has 0 bridgehead atoms. The molecule has 0 spiro atoms. The molecule has 3 aliphatic rings. The van der Waals surface area contributed by atoms with E-state index in [9.17, 15) is 5.26 Å². The largest absolute Gasteiger partial charge is 0.355 e. The fraction of sp³-hybridized carbons (Fsp3) is 0.556. The molecule has 3 heterocycles. The Morgan fingerprint density at radius 1 is 1.17 bits per heavy atom. The number of hydrogen-bond donors (Lipinski definition) is 0. The van der Waals surface area contributed by atoms with Gasteiger partial charge in [-0.1, -0.05) is 5.16 Å². The summed E-state index contributed by atoms with van der Waals surface area (Å²) in [7, 11) is 0. The van der Waals surface area contributed by atoms with Crippen LogP contribution in [0.15, 0.2) is 10.6 Å². The molecule has 0 radical (unpaired) electrons. The van der Waals surface area contributed by atoms with Gasteiger partial charge in [-0.3, -0.25) is 0 Å². The average molecular weight is 321 g/mol. The van der Waals surface area contributed by atoms with Gasteiger partial charge in [-0.25, -0.2) is 4.98 Å². The molecule has 6 nitrogen and oxygen atoms in total. The van der Waals surface area contributed by atoms with Crippen LogP contribution in [-0.4, -0.2) is 28.2 Å². The minimum absolute atomic E-state index is 0.242. The van der Waals surface area contributed by atoms with Crippen LogP contribution in [0.2, 0.25) is 0 Å². The highest BCUT2D eigenvalue weighted by Crippen LogP contribution is 2.39. The summed E-state index contributed by atoms with van der Waals surface area (Å²) in [5, 5.41) is 13.6. The number of anilines is 1. The Kier molecular flexibility index (Phi) is 3.09. The summed E-state index contributed by atoms with van der Waals surface area (Å²) in [4.78, 5) is 11.6. The summed E-state index contributed by atoms with van der Waals surface area (Å²) >= 11 is 0. The maximum absolute atomic E-state index is 9.51. The predicted molar refractivity (Wildman–Crippen MR) is 86.8 cm³/mol. The Morgan fingerprint density at radius 2 is 2.08 bits per heavy atom. The first-order valence-corrected chi connectivity index (χ1v) is 8.83. The molecule has 1 saturated carbocycles. The first-order chi connectivity index (χ1) is 11.8. The molecule has 0 N–H and O–H groups in total. The van der Waals surface area contributed by atoms with Crippen molar-refractivity contribution in [3.05, 3.63) is 34.6 Å². The van der Waals surface area contributed by atoms with Gasteiger partial charge in [0.2, 0.25) is 5.89 Å². The monoisotopic (exact) mass is 321 g/mol. The maximum atomic E-state index is 9.51. The number of hydrogen-bond acceptors (Lipinski definition) is 6. The van der Waals surface area contributed by atoms with Crippen molar-refractivity contribution in [3.63, 3.8) is 0 Å². The first kappa shape index (κ1) is 14.0. The van der Waals surface area contributed by atoms with E-state index in [0.29, 0.717) is 11.5 Å². The smallest absolute Gasteiger partial charge is 0.231 e. The molecule has 2 aromatic heterocycles. The lowest BCUT2D eigenvalue weighted by Gasteiger charge is -2.19. The second-order valence-electron chi connectivity index (χ2n) is 7.13. The van der Waals surface area contributed by atoms with Crippen molar-refractivity contribution in [2.24, 2.45) is 0 Å². The van der Waals surface area contributed by atoms with Crippen molar-refractivity contribution in [1.29, 1.82) is 5.26 Å². The van der Waals surface area contributed by atoms with Gasteiger partial charge >= 0.3 is 0 Å². The molecular formula is C18H19N5O. The van der Waals surface area contributed by atoms with Gasteiger partial charge < -0.3 is 9.42 Å². The zero-order valence-corrected chi connectivity index (χ0v) is 13.5. The molecule has 0 aromatic carbocycles. The number of nitriles is 1. The fourth-order valence-electron chi connectivity index (χ4n) is 3.86. The van der Waals surface area contributed by atoms with Gasteiger partial charge in [-0.15, -0.1) is 0 Å². The Labute approximate surface area is 140 Å². The molecule has 24 heavy (non-hydrogen) atoms. The zero-order valence-electron chi connectivity index (χ0n) is 13.5. The Hall–Kier alpha value is -2.42. The summed E-state index contributed by atoms with van der Waals surface area (Å²) in [6, 6.07) is 4.37. The van der Waals surface area contributed by atoms with Gasteiger partial charge in [0.15, 0.2) is 5.82 Å². The highest BCUT2D eigenvalue weighted by atomic mass is 16.5. The molecule has 0 amide bonds. The molecule has 2 aliphatic carbocycles. The third kappa shape index (κ3) is 2.27. The highest BCUT2D eigenvalue weighted by molar-refractivity contribution is 5.57.